The van der Waals surface area contributed by atoms with Gasteiger partial charge < -0.3 is 19.9 Å². The van der Waals surface area contributed by atoms with Crippen molar-refractivity contribution in [2.75, 3.05) is 26.2 Å². The zero-order chi connectivity index (χ0) is 19.6. The number of nitrogens with zero attached hydrogens (tertiary/aromatic N) is 3. The average Bonchev–Trinajstić information content (AvgIpc) is 3.23. The van der Waals surface area contributed by atoms with Gasteiger partial charge in [-0.1, -0.05) is 0 Å². The van der Waals surface area contributed by atoms with Crippen molar-refractivity contribution in [2.45, 2.75) is 32.1 Å². The van der Waals surface area contributed by atoms with Gasteiger partial charge in [-0.2, -0.15) is 0 Å². The SMILES string of the molecule is O=C1CC[C@]2(CCCN(C(=O)c3ccc(O)cc3)C2)CN1CCc1cnc[nH]1. The number of aromatic hydroxyl groups is 1. The van der Waals surface area contributed by atoms with Crippen molar-refractivity contribution in [3.8, 4) is 5.75 Å². The van der Waals surface area contributed by atoms with Crippen LogP contribution in [0.1, 0.15) is 41.7 Å². The van der Waals surface area contributed by atoms with Crippen LogP contribution in [0.25, 0.3) is 0 Å². The monoisotopic (exact) mass is 382 g/mol. The minimum absolute atomic E-state index is 0.0000139. The molecular weight excluding hydrogens is 356 g/mol. The first-order chi connectivity index (χ1) is 13.5. The first-order valence-electron chi connectivity index (χ1n) is 9.88. The lowest BCUT2D eigenvalue weighted by atomic mass is 9.73. The highest BCUT2D eigenvalue weighted by Crippen LogP contribution is 2.39. The lowest BCUT2D eigenvalue weighted by Crippen LogP contribution is -2.55. The van der Waals surface area contributed by atoms with Crippen LogP contribution in [0.3, 0.4) is 0 Å². The molecule has 1 atom stereocenters. The van der Waals surface area contributed by atoms with E-state index in [4.69, 9.17) is 0 Å². The third kappa shape index (κ3) is 3.88. The van der Waals surface area contributed by atoms with Crippen LogP contribution in [-0.2, 0) is 11.2 Å². The molecule has 7 nitrogen and oxygen atoms in total. The Balaban J connectivity index is 1.43. The van der Waals surface area contributed by atoms with Crippen molar-refractivity contribution < 1.29 is 14.7 Å². The van der Waals surface area contributed by atoms with Crippen molar-refractivity contribution >= 4 is 11.8 Å². The number of imidazole rings is 1. The molecule has 2 aliphatic rings. The molecule has 2 fully saturated rings. The molecule has 7 heteroatoms. The Bertz CT molecular complexity index is 834. The van der Waals surface area contributed by atoms with Gasteiger partial charge in [-0.15, -0.1) is 0 Å². The molecule has 0 unspecified atom stereocenters. The molecule has 1 aromatic carbocycles. The number of piperidine rings is 2. The van der Waals surface area contributed by atoms with E-state index in [1.165, 1.54) is 0 Å². The molecule has 148 valence electrons. The van der Waals surface area contributed by atoms with Crippen LogP contribution >= 0.6 is 0 Å². The largest absolute Gasteiger partial charge is 0.508 e. The van der Waals surface area contributed by atoms with Crippen LogP contribution in [0.4, 0.5) is 0 Å². The van der Waals surface area contributed by atoms with Gasteiger partial charge in [-0.25, -0.2) is 4.98 Å². The second-order valence-electron chi connectivity index (χ2n) is 8.02. The minimum atomic E-state index is -0.0211. The second kappa shape index (κ2) is 7.66. The van der Waals surface area contributed by atoms with Gasteiger partial charge in [0.1, 0.15) is 5.75 Å². The van der Waals surface area contributed by atoms with E-state index < -0.39 is 0 Å². The lowest BCUT2D eigenvalue weighted by Gasteiger charge is -2.48. The number of hydrogen-bond acceptors (Lipinski definition) is 4. The molecule has 2 aliphatic heterocycles. The van der Waals surface area contributed by atoms with Gasteiger partial charge in [-0.3, -0.25) is 9.59 Å². The third-order valence-electron chi connectivity index (χ3n) is 6.02. The molecule has 0 bridgehead atoms. The molecule has 0 radical (unpaired) electrons. The summed E-state index contributed by atoms with van der Waals surface area (Å²) in [5.41, 5.74) is 1.60. The van der Waals surface area contributed by atoms with Crippen LogP contribution in [0.2, 0.25) is 0 Å². The van der Waals surface area contributed by atoms with Crippen molar-refractivity contribution in [3.05, 3.63) is 48.0 Å². The second-order valence-corrected chi connectivity index (χ2v) is 8.02. The third-order valence-corrected chi connectivity index (χ3v) is 6.02. The highest BCUT2D eigenvalue weighted by molar-refractivity contribution is 5.94. The van der Waals surface area contributed by atoms with Crippen molar-refractivity contribution in [1.82, 2.24) is 19.8 Å². The first-order valence-corrected chi connectivity index (χ1v) is 9.88. The summed E-state index contributed by atoms with van der Waals surface area (Å²) in [7, 11) is 0. The van der Waals surface area contributed by atoms with Gasteiger partial charge in [0.05, 0.1) is 6.33 Å². The fourth-order valence-corrected chi connectivity index (χ4v) is 4.48. The molecule has 0 saturated carbocycles. The van der Waals surface area contributed by atoms with Crippen LogP contribution in [-0.4, -0.2) is 62.9 Å². The highest BCUT2D eigenvalue weighted by atomic mass is 16.3. The molecule has 0 aliphatic carbocycles. The van der Waals surface area contributed by atoms with E-state index in [2.05, 4.69) is 9.97 Å². The summed E-state index contributed by atoms with van der Waals surface area (Å²) >= 11 is 0. The standard InChI is InChI=1S/C21H26N4O3/c26-18-4-2-16(3-5-18)20(28)25-10-1-8-21(14-25)9-6-19(27)24(13-21)11-7-17-12-22-15-23-17/h2-5,12,15,26H,1,6-11,13-14H2,(H,22,23)/t21-/m1/s1. The molecule has 2 N–H and O–H groups in total. The number of phenolic OH excluding ortho intramolecular Hbond substituents is 1. The van der Waals surface area contributed by atoms with Crippen molar-refractivity contribution in [1.29, 1.82) is 0 Å². The number of amides is 2. The van der Waals surface area contributed by atoms with Crippen LogP contribution in [0.15, 0.2) is 36.8 Å². The summed E-state index contributed by atoms with van der Waals surface area (Å²) in [6.45, 7) is 2.80. The molecule has 1 spiro atoms. The van der Waals surface area contributed by atoms with E-state index in [-0.39, 0.29) is 23.0 Å². The molecule has 2 aromatic rings. The van der Waals surface area contributed by atoms with E-state index >= 15 is 0 Å². The average molecular weight is 382 g/mol. The Hall–Kier alpha value is -2.83. The minimum Gasteiger partial charge on any atom is -0.508 e. The molecule has 1 aromatic heterocycles. The van der Waals surface area contributed by atoms with Crippen LogP contribution in [0.5, 0.6) is 5.75 Å². The van der Waals surface area contributed by atoms with E-state index in [1.807, 2.05) is 9.80 Å². The molecular formula is C21H26N4O3. The Labute approximate surface area is 164 Å². The zero-order valence-corrected chi connectivity index (χ0v) is 15.9. The smallest absolute Gasteiger partial charge is 0.253 e. The molecule has 2 amide bonds. The number of H-pyrrole nitrogens is 1. The molecule has 2 saturated heterocycles. The Morgan fingerprint density at radius 1 is 1.21 bits per heavy atom. The summed E-state index contributed by atoms with van der Waals surface area (Å²) in [6, 6.07) is 6.42. The molecule has 28 heavy (non-hydrogen) atoms. The van der Waals surface area contributed by atoms with Crippen LogP contribution < -0.4 is 0 Å². The highest BCUT2D eigenvalue weighted by Gasteiger charge is 2.42. The van der Waals surface area contributed by atoms with E-state index in [0.29, 0.717) is 31.6 Å². The van der Waals surface area contributed by atoms with E-state index in [9.17, 15) is 14.7 Å². The van der Waals surface area contributed by atoms with Gasteiger partial charge in [0, 0.05) is 61.9 Å². The van der Waals surface area contributed by atoms with Gasteiger partial charge >= 0.3 is 0 Å². The number of rotatable bonds is 4. The van der Waals surface area contributed by atoms with Gasteiger partial charge in [0.2, 0.25) is 5.91 Å². The van der Waals surface area contributed by atoms with Gasteiger partial charge in [-0.05, 0) is 43.5 Å². The Kier molecular flexibility index (Phi) is 5.07. The number of hydrogen-bond donors (Lipinski definition) is 2. The maximum atomic E-state index is 12.9. The molecule has 4 rings (SSSR count). The quantitative estimate of drug-likeness (QED) is 0.848. The fourth-order valence-electron chi connectivity index (χ4n) is 4.48. The fraction of sp³-hybridized carbons (Fsp3) is 0.476. The number of benzene rings is 1. The Morgan fingerprint density at radius 2 is 2.04 bits per heavy atom. The van der Waals surface area contributed by atoms with Crippen molar-refractivity contribution in [3.63, 3.8) is 0 Å². The van der Waals surface area contributed by atoms with E-state index in [0.717, 1.165) is 37.9 Å². The molecule has 3 heterocycles. The number of aromatic nitrogens is 2. The number of carbonyl (C=O) groups is 2. The van der Waals surface area contributed by atoms with Crippen molar-refractivity contribution in [2.24, 2.45) is 5.41 Å². The lowest BCUT2D eigenvalue weighted by molar-refractivity contribution is -0.138. The van der Waals surface area contributed by atoms with Crippen LogP contribution in [0, 0.1) is 5.41 Å². The summed E-state index contributed by atoms with van der Waals surface area (Å²) in [5, 5.41) is 9.45. The number of aromatic amines is 1. The number of carbonyl (C=O) groups excluding carboxylic acids is 2. The summed E-state index contributed by atoms with van der Waals surface area (Å²) in [4.78, 5) is 36.4. The maximum Gasteiger partial charge on any atom is 0.253 e. The summed E-state index contributed by atoms with van der Waals surface area (Å²) in [6.07, 6.45) is 7.59. The van der Waals surface area contributed by atoms with Gasteiger partial charge in [0.25, 0.3) is 5.91 Å². The maximum absolute atomic E-state index is 12.9. The number of phenols is 1. The van der Waals surface area contributed by atoms with E-state index in [1.54, 1.807) is 36.8 Å². The van der Waals surface area contributed by atoms with Gasteiger partial charge in [0.15, 0.2) is 0 Å². The first kappa shape index (κ1) is 18.5. The predicted molar refractivity (Wildman–Crippen MR) is 104 cm³/mol. The zero-order valence-electron chi connectivity index (χ0n) is 15.9. The topological polar surface area (TPSA) is 89.5 Å². The summed E-state index contributed by atoms with van der Waals surface area (Å²) in [5.74, 6) is 0.359. The summed E-state index contributed by atoms with van der Waals surface area (Å²) < 4.78 is 0. The number of likely N-dealkylation sites (tertiary alicyclic amines) is 2. The predicted octanol–water partition coefficient (Wildman–Crippen LogP) is 2.20. The Morgan fingerprint density at radius 3 is 2.79 bits per heavy atom. The normalized spacial score (nSPS) is 22.6. The number of nitrogens with one attached hydrogen (secondary N) is 1.